The number of benzene rings is 1. The van der Waals surface area contributed by atoms with Crippen molar-refractivity contribution in [2.75, 3.05) is 19.7 Å². The molecule has 0 bridgehead atoms. The molecule has 1 aliphatic rings. The maximum Gasteiger partial charge on any atom is 0.419 e. The fraction of sp³-hybridized carbons (Fsp3) is 0.500. The van der Waals surface area contributed by atoms with Crippen LogP contribution in [0.2, 0.25) is 0 Å². The fourth-order valence-corrected chi connectivity index (χ4v) is 2.85. The Morgan fingerprint density at radius 1 is 1.32 bits per heavy atom. The molecular formula is C14H18N2O3. The van der Waals surface area contributed by atoms with Crippen LogP contribution in [-0.4, -0.2) is 40.3 Å². The van der Waals surface area contributed by atoms with E-state index in [-0.39, 0.29) is 18.4 Å². The number of aliphatic hydroxyl groups is 1. The average Bonchev–Trinajstić information content (AvgIpc) is 2.99. The highest BCUT2D eigenvalue weighted by molar-refractivity contribution is 5.72. The van der Waals surface area contributed by atoms with Gasteiger partial charge in [-0.2, -0.15) is 0 Å². The van der Waals surface area contributed by atoms with Crippen LogP contribution in [0.4, 0.5) is 0 Å². The van der Waals surface area contributed by atoms with Gasteiger partial charge in [-0.15, -0.1) is 0 Å². The minimum absolute atomic E-state index is 0.195. The summed E-state index contributed by atoms with van der Waals surface area (Å²) in [6, 6.07) is 7.71. The molecule has 102 valence electrons. The lowest BCUT2D eigenvalue weighted by molar-refractivity contribution is 0.155. The molecule has 0 aliphatic carbocycles. The van der Waals surface area contributed by atoms with Crippen molar-refractivity contribution in [3.63, 3.8) is 0 Å². The number of oxazole rings is 1. The van der Waals surface area contributed by atoms with Crippen LogP contribution in [0, 0.1) is 0 Å². The van der Waals surface area contributed by atoms with Crippen LogP contribution >= 0.6 is 0 Å². The summed E-state index contributed by atoms with van der Waals surface area (Å²) in [5.41, 5.74) is 1.47. The molecule has 1 aliphatic heterocycles. The fourth-order valence-electron chi connectivity index (χ4n) is 2.85. The quantitative estimate of drug-likeness (QED) is 0.895. The predicted octanol–water partition coefficient (Wildman–Crippen LogP) is 1.05. The Balaban J connectivity index is 1.78. The zero-order chi connectivity index (χ0) is 13.2. The molecule has 0 amide bonds. The largest absolute Gasteiger partial charge is 0.419 e. The van der Waals surface area contributed by atoms with Gasteiger partial charge in [0.2, 0.25) is 0 Å². The van der Waals surface area contributed by atoms with Gasteiger partial charge in [0.15, 0.2) is 5.58 Å². The normalized spacial score (nSPS) is 20.4. The minimum atomic E-state index is -0.305. The van der Waals surface area contributed by atoms with Crippen LogP contribution < -0.4 is 5.76 Å². The van der Waals surface area contributed by atoms with Gasteiger partial charge in [-0.05, 0) is 31.5 Å². The number of hydrogen-bond donors (Lipinski definition) is 1. The van der Waals surface area contributed by atoms with E-state index < -0.39 is 0 Å². The van der Waals surface area contributed by atoms with E-state index in [4.69, 9.17) is 4.42 Å². The number of para-hydroxylation sites is 2. The first-order chi connectivity index (χ1) is 9.29. The van der Waals surface area contributed by atoms with Crippen LogP contribution in [0.3, 0.4) is 0 Å². The Morgan fingerprint density at radius 3 is 3.00 bits per heavy atom. The number of nitrogens with zero attached hydrogens (tertiary/aromatic N) is 2. The predicted molar refractivity (Wildman–Crippen MR) is 72.2 cm³/mol. The Hall–Kier alpha value is -1.59. The second kappa shape index (κ2) is 5.19. The van der Waals surface area contributed by atoms with Gasteiger partial charge in [0, 0.05) is 19.1 Å². The average molecular weight is 262 g/mol. The van der Waals surface area contributed by atoms with E-state index in [0.717, 1.165) is 31.4 Å². The van der Waals surface area contributed by atoms with Crippen LogP contribution in [-0.2, 0) is 6.54 Å². The molecule has 0 spiro atoms. The molecule has 19 heavy (non-hydrogen) atoms. The number of rotatable bonds is 4. The van der Waals surface area contributed by atoms with Gasteiger partial charge < -0.3 is 9.52 Å². The van der Waals surface area contributed by atoms with E-state index in [1.807, 2.05) is 18.2 Å². The van der Waals surface area contributed by atoms with Gasteiger partial charge in [0.1, 0.15) is 0 Å². The molecule has 2 heterocycles. The van der Waals surface area contributed by atoms with Crippen molar-refractivity contribution in [3.05, 3.63) is 34.8 Å². The zero-order valence-electron chi connectivity index (χ0n) is 10.8. The molecular weight excluding hydrogens is 244 g/mol. The molecule has 0 radical (unpaired) electrons. The van der Waals surface area contributed by atoms with Gasteiger partial charge >= 0.3 is 5.76 Å². The molecule has 1 aromatic carbocycles. The molecule has 0 unspecified atom stereocenters. The third-order valence-electron chi connectivity index (χ3n) is 3.89. The summed E-state index contributed by atoms with van der Waals surface area (Å²) in [7, 11) is 0. The highest BCUT2D eigenvalue weighted by atomic mass is 16.4. The molecule has 1 N–H and O–H groups in total. The molecule has 5 heteroatoms. The molecule has 0 saturated carbocycles. The van der Waals surface area contributed by atoms with Gasteiger partial charge in [-0.25, -0.2) is 4.79 Å². The summed E-state index contributed by atoms with van der Waals surface area (Å²) in [5, 5.41) is 9.29. The van der Waals surface area contributed by atoms with Crippen molar-refractivity contribution in [2.45, 2.75) is 25.4 Å². The molecule has 2 aromatic rings. The topological polar surface area (TPSA) is 58.6 Å². The summed E-state index contributed by atoms with van der Waals surface area (Å²) in [6.45, 7) is 2.57. The smallest absolute Gasteiger partial charge is 0.408 e. The van der Waals surface area contributed by atoms with Gasteiger partial charge in [0.25, 0.3) is 0 Å². The Bertz CT molecular complexity index is 616. The first-order valence-corrected chi connectivity index (χ1v) is 6.73. The third-order valence-corrected chi connectivity index (χ3v) is 3.89. The standard InChI is InChI=1S/C14H18N2O3/c17-10-11-4-3-7-15(11)8-9-16-12-5-1-2-6-13(12)19-14(16)18/h1-2,5-6,11,17H,3-4,7-10H2/t11-/m0/s1. The van der Waals surface area contributed by atoms with E-state index >= 15 is 0 Å². The van der Waals surface area contributed by atoms with Crippen LogP contribution in [0.15, 0.2) is 33.5 Å². The summed E-state index contributed by atoms with van der Waals surface area (Å²) in [4.78, 5) is 14.1. The Labute approximate surface area is 111 Å². The van der Waals surface area contributed by atoms with E-state index in [2.05, 4.69) is 4.90 Å². The lowest BCUT2D eigenvalue weighted by atomic mass is 10.2. The third kappa shape index (κ3) is 2.31. The maximum atomic E-state index is 11.8. The molecule has 5 nitrogen and oxygen atoms in total. The SMILES string of the molecule is O=c1oc2ccccc2n1CCN1CCC[C@H]1CO. The molecule has 1 aromatic heterocycles. The van der Waals surface area contributed by atoms with E-state index in [0.29, 0.717) is 12.1 Å². The van der Waals surface area contributed by atoms with E-state index in [1.54, 1.807) is 10.6 Å². The summed E-state index contributed by atoms with van der Waals surface area (Å²) < 4.78 is 6.88. The first kappa shape index (κ1) is 12.4. The van der Waals surface area contributed by atoms with Crippen molar-refractivity contribution >= 4 is 11.1 Å². The second-order valence-electron chi connectivity index (χ2n) is 5.00. The van der Waals surface area contributed by atoms with Gasteiger partial charge in [-0.3, -0.25) is 9.47 Å². The summed E-state index contributed by atoms with van der Waals surface area (Å²) >= 11 is 0. The minimum Gasteiger partial charge on any atom is -0.408 e. The lowest BCUT2D eigenvalue weighted by Crippen LogP contribution is -2.35. The van der Waals surface area contributed by atoms with Crippen molar-refractivity contribution in [1.29, 1.82) is 0 Å². The number of likely N-dealkylation sites (tertiary alicyclic amines) is 1. The number of aromatic nitrogens is 1. The second-order valence-corrected chi connectivity index (χ2v) is 5.00. The molecule has 1 saturated heterocycles. The summed E-state index contributed by atoms with van der Waals surface area (Å²) in [6.07, 6.45) is 2.16. The molecule has 3 rings (SSSR count). The van der Waals surface area contributed by atoms with Gasteiger partial charge in [-0.1, -0.05) is 12.1 Å². The molecule has 1 atom stereocenters. The number of fused-ring (bicyclic) bond motifs is 1. The van der Waals surface area contributed by atoms with Crippen molar-refractivity contribution < 1.29 is 9.52 Å². The van der Waals surface area contributed by atoms with E-state index in [1.165, 1.54) is 0 Å². The van der Waals surface area contributed by atoms with Crippen LogP contribution in [0.1, 0.15) is 12.8 Å². The maximum absolute atomic E-state index is 11.8. The highest BCUT2D eigenvalue weighted by Gasteiger charge is 2.23. The van der Waals surface area contributed by atoms with E-state index in [9.17, 15) is 9.90 Å². The van der Waals surface area contributed by atoms with Crippen molar-refractivity contribution in [1.82, 2.24) is 9.47 Å². The van der Waals surface area contributed by atoms with Crippen LogP contribution in [0.5, 0.6) is 0 Å². The Morgan fingerprint density at radius 2 is 2.16 bits per heavy atom. The summed E-state index contributed by atoms with van der Waals surface area (Å²) in [5.74, 6) is -0.305. The van der Waals surface area contributed by atoms with Gasteiger partial charge in [0.05, 0.1) is 12.1 Å². The van der Waals surface area contributed by atoms with Crippen molar-refractivity contribution in [2.24, 2.45) is 0 Å². The van der Waals surface area contributed by atoms with Crippen molar-refractivity contribution in [3.8, 4) is 0 Å². The Kier molecular flexibility index (Phi) is 3.40. The number of hydrogen-bond acceptors (Lipinski definition) is 4. The first-order valence-electron chi connectivity index (χ1n) is 6.73. The highest BCUT2D eigenvalue weighted by Crippen LogP contribution is 2.17. The lowest BCUT2D eigenvalue weighted by Gasteiger charge is -2.22. The number of aliphatic hydroxyl groups excluding tert-OH is 1. The van der Waals surface area contributed by atoms with Crippen LogP contribution in [0.25, 0.3) is 11.1 Å². The zero-order valence-corrected chi connectivity index (χ0v) is 10.8. The monoisotopic (exact) mass is 262 g/mol. The molecule has 1 fully saturated rings.